The second-order valence-electron chi connectivity index (χ2n) is 7.04. The smallest absolute Gasteiger partial charge is 0.279 e. The molecule has 0 aliphatic carbocycles. The fraction of sp³-hybridized carbons (Fsp3) is 0.0417. The van der Waals surface area contributed by atoms with Gasteiger partial charge in [0.2, 0.25) is 0 Å². The Morgan fingerprint density at radius 2 is 1.53 bits per heavy atom. The van der Waals surface area contributed by atoms with Crippen LogP contribution < -0.4 is 10.6 Å². The molecule has 8 heteroatoms. The molecule has 0 bridgehead atoms. The lowest BCUT2D eigenvalue weighted by Gasteiger charge is -2.15. The van der Waals surface area contributed by atoms with Gasteiger partial charge in [-0.1, -0.05) is 65.7 Å². The number of hydrogen-bond donors (Lipinski definition) is 2. The molecule has 1 aliphatic heterocycles. The lowest BCUT2D eigenvalue weighted by molar-refractivity contribution is -0.138. The van der Waals surface area contributed by atoms with Crippen LogP contribution in [-0.2, 0) is 16.1 Å². The first-order valence-electron chi connectivity index (χ1n) is 9.66. The molecule has 0 aromatic heterocycles. The highest BCUT2D eigenvalue weighted by Crippen LogP contribution is 2.27. The van der Waals surface area contributed by atoms with Gasteiger partial charge in [0.05, 0.1) is 6.54 Å². The number of benzene rings is 3. The van der Waals surface area contributed by atoms with E-state index in [-0.39, 0.29) is 23.2 Å². The topological polar surface area (TPSA) is 78.5 Å². The van der Waals surface area contributed by atoms with Crippen LogP contribution in [0.1, 0.15) is 15.9 Å². The number of halogens is 2. The summed E-state index contributed by atoms with van der Waals surface area (Å²) in [4.78, 5) is 39.0. The molecule has 0 fully saturated rings. The van der Waals surface area contributed by atoms with E-state index in [1.807, 2.05) is 30.3 Å². The van der Waals surface area contributed by atoms with Gasteiger partial charge in [-0.05, 0) is 42.0 Å². The Hall–Kier alpha value is -3.61. The quantitative estimate of drug-likeness (QED) is 0.500. The summed E-state index contributed by atoms with van der Waals surface area (Å²) in [7, 11) is 0. The standard InChI is InChI=1S/C24H17Cl2N3O3/c25-17-9-5-11-19(13-17)28-22(30)16-8-4-10-18(12-16)27-21-20(26)23(31)29(24(21)32)14-15-6-2-1-3-7-15/h1-13,27H,14H2,(H,28,30). The highest BCUT2D eigenvalue weighted by molar-refractivity contribution is 6.48. The van der Waals surface area contributed by atoms with Gasteiger partial charge in [-0.2, -0.15) is 0 Å². The Kier molecular flexibility index (Phi) is 6.25. The molecule has 1 heterocycles. The van der Waals surface area contributed by atoms with Gasteiger partial charge in [0.15, 0.2) is 0 Å². The van der Waals surface area contributed by atoms with Crippen LogP contribution in [0.4, 0.5) is 11.4 Å². The Balaban J connectivity index is 1.49. The summed E-state index contributed by atoms with van der Waals surface area (Å²) in [6, 6.07) is 22.5. The normalized spacial score (nSPS) is 13.5. The second-order valence-corrected chi connectivity index (χ2v) is 7.86. The molecule has 3 aromatic carbocycles. The number of carbonyl (C=O) groups is 3. The summed E-state index contributed by atoms with van der Waals surface area (Å²) in [5.74, 6) is -1.45. The predicted octanol–water partition coefficient (Wildman–Crippen LogP) is 5.02. The maximum atomic E-state index is 12.8. The number of rotatable bonds is 6. The van der Waals surface area contributed by atoms with Crippen molar-refractivity contribution in [3.63, 3.8) is 0 Å². The van der Waals surface area contributed by atoms with Crippen molar-refractivity contribution >= 4 is 52.3 Å². The molecule has 160 valence electrons. The first kappa shape index (κ1) is 21.6. The lowest BCUT2D eigenvalue weighted by atomic mass is 10.1. The first-order valence-corrected chi connectivity index (χ1v) is 10.4. The maximum absolute atomic E-state index is 12.8. The Labute approximate surface area is 194 Å². The second kappa shape index (κ2) is 9.26. The van der Waals surface area contributed by atoms with E-state index in [1.54, 1.807) is 48.5 Å². The molecule has 6 nitrogen and oxygen atoms in total. The molecule has 0 spiro atoms. The van der Waals surface area contributed by atoms with Crippen molar-refractivity contribution in [3.8, 4) is 0 Å². The molecule has 3 amide bonds. The van der Waals surface area contributed by atoms with Gasteiger partial charge in [-0.25, -0.2) is 0 Å². The van der Waals surface area contributed by atoms with E-state index in [2.05, 4.69) is 10.6 Å². The van der Waals surface area contributed by atoms with Crippen molar-refractivity contribution in [2.45, 2.75) is 6.54 Å². The highest BCUT2D eigenvalue weighted by atomic mass is 35.5. The summed E-state index contributed by atoms with van der Waals surface area (Å²) in [6.07, 6.45) is 0. The number of nitrogens with one attached hydrogen (secondary N) is 2. The molecular weight excluding hydrogens is 449 g/mol. The fourth-order valence-electron chi connectivity index (χ4n) is 3.22. The van der Waals surface area contributed by atoms with E-state index in [4.69, 9.17) is 23.2 Å². The average Bonchev–Trinajstić information content (AvgIpc) is 2.98. The molecule has 0 saturated carbocycles. The molecule has 2 N–H and O–H groups in total. The number of hydrogen-bond acceptors (Lipinski definition) is 4. The van der Waals surface area contributed by atoms with E-state index < -0.39 is 11.8 Å². The molecule has 1 aliphatic rings. The third-order valence-corrected chi connectivity index (χ3v) is 5.36. The Morgan fingerprint density at radius 1 is 0.812 bits per heavy atom. The summed E-state index contributed by atoms with van der Waals surface area (Å²) in [5.41, 5.74) is 2.13. The van der Waals surface area contributed by atoms with Gasteiger partial charge in [0, 0.05) is 22.0 Å². The van der Waals surface area contributed by atoms with Crippen LogP contribution >= 0.6 is 23.2 Å². The van der Waals surface area contributed by atoms with Crippen LogP contribution in [0.2, 0.25) is 5.02 Å². The van der Waals surface area contributed by atoms with Gasteiger partial charge >= 0.3 is 0 Å². The van der Waals surface area contributed by atoms with Gasteiger partial charge in [-0.15, -0.1) is 0 Å². The highest BCUT2D eigenvalue weighted by Gasteiger charge is 2.37. The van der Waals surface area contributed by atoms with Crippen molar-refractivity contribution < 1.29 is 14.4 Å². The zero-order valence-corrected chi connectivity index (χ0v) is 18.2. The van der Waals surface area contributed by atoms with E-state index in [9.17, 15) is 14.4 Å². The number of amides is 3. The monoisotopic (exact) mass is 465 g/mol. The molecule has 4 rings (SSSR count). The summed E-state index contributed by atoms with van der Waals surface area (Å²) in [6.45, 7) is 0.113. The molecular formula is C24H17Cl2N3O3. The number of imide groups is 1. The van der Waals surface area contributed by atoms with Gasteiger partial charge in [0.25, 0.3) is 17.7 Å². The molecule has 0 saturated heterocycles. The van der Waals surface area contributed by atoms with Gasteiger partial charge in [-0.3, -0.25) is 19.3 Å². The van der Waals surface area contributed by atoms with Crippen LogP contribution in [0.25, 0.3) is 0 Å². The third-order valence-electron chi connectivity index (χ3n) is 4.77. The zero-order chi connectivity index (χ0) is 22.7. The summed E-state index contributed by atoms with van der Waals surface area (Å²) >= 11 is 12.1. The molecule has 0 atom stereocenters. The largest absolute Gasteiger partial charge is 0.350 e. The molecule has 0 radical (unpaired) electrons. The zero-order valence-electron chi connectivity index (χ0n) is 16.6. The van der Waals surface area contributed by atoms with E-state index >= 15 is 0 Å². The Morgan fingerprint density at radius 3 is 2.28 bits per heavy atom. The van der Waals surface area contributed by atoms with Crippen molar-refractivity contribution in [1.29, 1.82) is 0 Å². The number of anilines is 2. The van der Waals surface area contributed by atoms with Crippen molar-refractivity contribution in [1.82, 2.24) is 4.90 Å². The van der Waals surface area contributed by atoms with E-state index in [1.165, 1.54) is 0 Å². The summed E-state index contributed by atoms with van der Waals surface area (Å²) in [5, 5.41) is 5.96. The van der Waals surface area contributed by atoms with E-state index in [0.717, 1.165) is 10.5 Å². The van der Waals surface area contributed by atoms with Crippen LogP contribution in [-0.4, -0.2) is 22.6 Å². The number of carbonyl (C=O) groups excluding carboxylic acids is 3. The van der Waals surface area contributed by atoms with Crippen molar-refractivity contribution in [2.75, 3.05) is 10.6 Å². The number of nitrogens with zero attached hydrogens (tertiary/aromatic N) is 1. The van der Waals surface area contributed by atoms with Gasteiger partial charge < -0.3 is 10.6 Å². The third kappa shape index (κ3) is 4.66. The minimum Gasteiger partial charge on any atom is -0.350 e. The fourth-order valence-corrected chi connectivity index (χ4v) is 3.64. The molecule has 3 aromatic rings. The van der Waals surface area contributed by atoms with Crippen LogP contribution in [0.5, 0.6) is 0 Å². The van der Waals surface area contributed by atoms with Crippen molar-refractivity contribution in [3.05, 3.63) is 106 Å². The van der Waals surface area contributed by atoms with Crippen molar-refractivity contribution in [2.24, 2.45) is 0 Å². The average molecular weight is 466 g/mol. The molecule has 0 unspecified atom stereocenters. The minimum absolute atomic E-state index is 0.0278. The van der Waals surface area contributed by atoms with Gasteiger partial charge in [0.1, 0.15) is 10.7 Å². The van der Waals surface area contributed by atoms with E-state index in [0.29, 0.717) is 22.0 Å². The van der Waals surface area contributed by atoms with Crippen LogP contribution in [0.15, 0.2) is 89.6 Å². The van der Waals surface area contributed by atoms with Crippen LogP contribution in [0.3, 0.4) is 0 Å². The minimum atomic E-state index is -0.571. The van der Waals surface area contributed by atoms with Crippen LogP contribution in [0, 0.1) is 0 Å². The Bertz CT molecular complexity index is 1240. The summed E-state index contributed by atoms with van der Waals surface area (Å²) < 4.78 is 0. The SMILES string of the molecule is O=C(Nc1cccc(Cl)c1)c1cccc(NC2=C(Cl)C(=O)N(Cc3ccccc3)C2=O)c1. The first-order chi connectivity index (χ1) is 15.4. The maximum Gasteiger partial charge on any atom is 0.279 e. The predicted molar refractivity (Wildman–Crippen MR) is 124 cm³/mol. The molecule has 32 heavy (non-hydrogen) atoms. The lowest BCUT2D eigenvalue weighted by Crippen LogP contribution is -2.31.